The highest BCUT2D eigenvalue weighted by atomic mass is 32.2. The van der Waals surface area contributed by atoms with E-state index < -0.39 is 10.2 Å². The van der Waals surface area contributed by atoms with Crippen LogP contribution in [0.3, 0.4) is 0 Å². The lowest BCUT2D eigenvalue weighted by atomic mass is 10.2. The number of rotatable bonds is 6. The van der Waals surface area contributed by atoms with Crippen LogP contribution in [0.15, 0.2) is 0 Å². The van der Waals surface area contributed by atoms with Gasteiger partial charge in [0.1, 0.15) is 0 Å². The van der Waals surface area contributed by atoms with Crippen LogP contribution in [0.2, 0.25) is 0 Å². The third-order valence-corrected chi connectivity index (χ3v) is 4.55. The molecule has 0 spiro atoms. The van der Waals surface area contributed by atoms with E-state index in [1.807, 2.05) is 13.8 Å². The monoisotopic (exact) mass is 279 g/mol. The fourth-order valence-electron chi connectivity index (χ4n) is 1.92. The number of hydrogen-bond acceptors (Lipinski definition) is 4. The summed E-state index contributed by atoms with van der Waals surface area (Å²) in [5, 5.41) is 8.90. The van der Waals surface area contributed by atoms with Gasteiger partial charge in [-0.25, -0.2) is 4.72 Å². The van der Waals surface area contributed by atoms with Gasteiger partial charge in [0.15, 0.2) is 0 Å². The first-order chi connectivity index (χ1) is 8.45. The van der Waals surface area contributed by atoms with Gasteiger partial charge in [0.2, 0.25) is 0 Å². The third-order valence-electron chi connectivity index (χ3n) is 2.98. The molecule has 1 rings (SSSR count). The van der Waals surface area contributed by atoms with Crippen molar-refractivity contribution in [1.29, 1.82) is 0 Å². The lowest BCUT2D eigenvalue weighted by Gasteiger charge is -2.21. The Kier molecular flexibility index (Phi) is 6.51. The van der Waals surface area contributed by atoms with Crippen LogP contribution in [0.4, 0.5) is 0 Å². The van der Waals surface area contributed by atoms with Gasteiger partial charge in [-0.05, 0) is 18.9 Å². The Morgan fingerprint density at radius 2 is 1.94 bits per heavy atom. The number of nitrogens with one attached hydrogen (secondary N) is 1. The molecule has 0 aromatic rings. The molecule has 1 aliphatic rings. The van der Waals surface area contributed by atoms with Crippen LogP contribution in [-0.4, -0.2) is 68.6 Å². The van der Waals surface area contributed by atoms with Crippen molar-refractivity contribution in [2.75, 3.05) is 45.9 Å². The molecule has 0 radical (unpaired) electrons. The number of nitrogens with zero attached hydrogens (tertiary/aromatic N) is 2. The molecule has 1 heterocycles. The standard InChI is InChI=1S/C11H25N3O3S/c1-11(2)10-12-18(16,17)14-5-3-4-13(6-7-14)8-9-15/h11-12,15H,3-10H2,1-2H3. The minimum Gasteiger partial charge on any atom is -0.395 e. The molecule has 0 amide bonds. The Balaban J connectivity index is 2.51. The van der Waals surface area contributed by atoms with E-state index in [0.717, 1.165) is 13.0 Å². The molecule has 2 N–H and O–H groups in total. The zero-order chi connectivity index (χ0) is 13.6. The topological polar surface area (TPSA) is 72.9 Å². The quantitative estimate of drug-likeness (QED) is 0.686. The molecule has 1 aliphatic heterocycles. The highest BCUT2D eigenvalue weighted by Gasteiger charge is 2.24. The number of β-amino-alcohol motifs (C(OH)–C–C–N with tert-alkyl or cyclic N) is 1. The first kappa shape index (κ1) is 15.8. The zero-order valence-electron chi connectivity index (χ0n) is 11.3. The summed E-state index contributed by atoms with van der Waals surface area (Å²) < 4.78 is 28.2. The summed E-state index contributed by atoms with van der Waals surface area (Å²) in [5.74, 6) is 0.303. The molecule has 7 heteroatoms. The summed E-state index contributed by atoms with van der Waals surface area (Å²) >= 11 is 0. The molecule has 0 aromatic carbocycles. The van der Waals surface area contributed by atoms with E-state index in [9.17, 15) is 8.42 Å². The van der Waals surface area contributed by atoms with Crippen LogP contribution in [-0.2, 0) is 10.2 Å². The Labute approximate surface area is 110 Å². The van der Waals surface area contributed by atoms with Crippen molar-refractivity contribution in [3.8, 4) is 0 Å². The molecule has 108 valence electrons. The molecular formula is C11H25N3O3S. The van der Waals surface area contributed by atoms with Crippen molar-refractivity contribution in [3.63, 3.8) is 0 Å². The molecule has 0 aliphatic carbocycles. The van der Waals surface area contributed by atoms with E-state index in [1.165, 1.54) is 4.31 Å². The molecular weight excluding hydrogens is 254 g/mol. The maximum absolute atomic E-state index is 12.1. The number of aliphatic hydroxyl groups excluding tert-OH is 1. The molecule has 0 saturated carbocycles. The third kappa shape index (κ3) is 5.19. The lowest BCUT2D eigenvalue weighted by molar-refractivity contribution is 0.202. The minimum atomic E-state index is -3.35. The maximum Gasteiger partial charge on any atom is 0.279 e. The average Bonchev–Trinajstić information content (AvgIpc) is 2.53. The lowest BCUT2D eigenvalue weighted by Crippen LogP contribution is -2.43. The summed E-state index contributed by atoms with van der Waals surface area (Å²) in [6, 6.07) is 0. The van der Waals surface area contributed by atoms with Gasteiger partial charge in [0.25, 0.3) is 10.2 Å². The summed E-state index contributed by atoms with van der Waals surface area (Å²) in [6.07, 6.45) is 0.808. The molecule has 0 bridgehead atoms. The first-order valence-electron chi connectivity index (χ1n) is 6.53. The second-order valence-electron chi connectivity index (χ2n) is 5.07. The Morgan fingerprint density at radius 3 is 2.56 bits per heavy atom. The predicted molar refractivity (Wildman–Crippen MR) is 71.5 cm³/mol. The van der Waals surface area contributed by atoms with Crippen molar-refractivity contribution < 1.29 is 13.5 Å². The van der Waals surface area contributed by atoms with E-state index in [1.54, 1.807) is 0 Å². The largest absolute Gasteiger partial charge is 0.395 e. The Morgan fingerprint density at radius 1 is 1.22 bits per heavy atom. The van der Waals surface area contributed by atoms with Crippen LogP contribution < -0.4 is 4.72 Å². The summed E-state index contributed by atoms with van der Waals surface area (Å²) in [4.78, 5) is 2.10. The molecule has 0 unspecified atom stereocenters. The summed E-state index contributed by atoms with van der Waals surface area (Å²) in [7, 11) is -3.35. The molecule has 1 saturated heterocycles. The van der Waals surface area contributed by atoms with E-state index in [4.69, 9.17) is 5.11 Å². The van der Waals surface area contributed by atoms with Crippen LogP contribution in [0, 0.1) is 5.92 Å². The smallest absolute Gasteiger partial charge is 0.279 e. The molecule has 18 heavy (non-hydrogen) atoms. The van der Waals surface area contributed by atoms with Gasteiger partial charge in [-0.15, -0.1) is 0 Å². The van der Waals surface area contributed by atoms with Crippen LogP contribution in [0.5, 0.6) is 0 Å². The van der Waals surface area contributed by atoms with Gasteiger partial charge in [-0.3, -0.25) is 4.90 Å². The van der Waals surface area contributed by atoms with E-state index in [-0.39, 0.29) is 6.61 Å². The number of aliphatic hydroxyl groups is 1. The Bertz CT molecular complexity index is 332. The average molecular weight is 279 g/mol. The van der Waals surface area contributed by atoms with Gasteiger partial charge in [0.05, 0.1) is 6.61 Å². The van der Waals surface area contributed by atoms with Crippen LogP contribution >= 0.6 is 0 Å². The van der Waals surface area contributed by atoms with Crippen LogP contribution in [0.25, 0.3) is 0 Å². The van der Waals surface area contributed by atoms with Crippen LogP contribution in [0.1, 0.15) is 20.3 Å². The fraction of sp³-hybridized carbons (Fsp3) is 1.00. The molecule has 0 atom stereocenters. The molecule has 6 nitrogen and oxygen atoms in total. The Hall–Kier alpha value is -0.210. The summed E-state index contributed by atoms with van der Waals surface area (Å²) in [5.41, 5.74) is 0. The van der Waals surface area contributed by atoms with Gasteiger partial charge in [0, 0.05) is 32.7 Å². The highest BCUT2D eigenvalue weighted by molar-refractivity contribution is 7.87. The van der Waals surface area contributed by atoms with Gasteiger partial charge >= 0.3 is 0 Å². The predicted octanol–water partition coefficient (Wildman–Crippen LogP) is -0.523. The van der Waals surface area contributed by atoms with Gasteiger partial charge < -0.3 is 5.11 Å². The zero-order valence-corrected chi connectivity index (χ0v) is 12.1. The van der Waals surface area contributed by atoms with Gasteiger partial charge in [-0.2, -0.15) is 12.7 Å². The van der Waals surface area contributed by atoms with E-state index in [0.29, 0.717) is 38.6 Å². The summed E-state index contributed by atoms with van der Waals surface area (Å²) in [6.45, 7) is 7.75. The van der Waals surface area contributed by atoms with Crippen molar-refractivity contribution in [3.05, 3.63) is 0 Å². The SMILES string of the molecule is CC(C)CNS(=O)(=O)N1CCCN(CCO)CC1. The van der Waals surface area contributed by atoms with E-state index >= 15 is 0 Å². The first-order valence-corrected chi connectivity index (χ1v) is 7.97. The van der Waals surface area contributed by atoms with Crippen molar-refractivity contribution in [1.82, 2.24) is 13.9 Å². The van der Waals surface area contributed by atoms with Crippen molar-refractivity contribution in [2.24, 2.45) is 5.92 Å². The second-order valence-corrected chi connectivity index (χ2v) is 6.82. The van der Waals surface area contributed by atoms with Gasteiger partial charge in [-0.1, -0.05) is 13.8 Å². The normalized spacial score (nSPS) is 20.2. The van der Waals surface area contributed by atoms with Crippen molar-refractivity contribution in [2.45, 2.75) is 20.3 Å². The molecule has 0 aromatic heterocycles. The molecule has 1 fully saturated rings. The minimum absolute atomic E-state index is 0.123. The van der Waals surface area contributed by atoms with E-state index in [2.05, 4.69) is 9.62 Å². The highest BCUT2D eigenvalue weighted by Crippen LogP contribution is 2.07. The fourth-order valence-corrected chi connectivity index (χ4v) is 3.33. The maximum atomic E-state index is 12.1. The second kappa shape index (κ2) is 7.40. The van der Waals surface area contributed by atoms with Crippen molar-refractivity contribution >= 4 is 10.2 Å². The number of hydrogen-bond donors (Lipinski definition) is 2.